The van der Waals surface area contributed by atoms with Crippen LogP contribution in [-0.4, -0.2) is 24.2 Å². The number of carboxylic acid groups (broad SMARTS) is 1. The maximum Gasteiger partial charge on any atom is 0.339 e. The van der Waals surface area contributed by atoms with E-state index in [0.29, 0.717) is 26.7 Å². The van der Waals surface area contributed by atoms with Crippen LogP contribution in [0.1, 0.15) is 31.8 Å². The van der Waals surface area contributed by atoms with Gasteiger partial charge in [-0.2, -0.15) is 0 Å². The highest BCUT2D eigenvalue weighted by molar-refractivity contribution is 14.1. The van der Waals surface area contributed by atoms with Crippen LogP contribution in [0.4, 0.5) is 0 Å². The Morgan fingerprint density at radius 2 is 1.62 bits per heavy atom. The molecule has 7 heteroatoms. The lowest BCUT2D eigenvalue weighted by molar-refractivity contribution is 0.0597. The van der Waals surface area contributed by atoms with Crippen LogP contribution < -0.4 is 0 Å². The van der Waals surface area contributed by atoms with Crippen LogP contribution in [0, 0.1) is 17.4 Å². The molecule has 0 amide bonds. The van der Waals surface area contributed by atoms with Crippen molar-refractivity contribution in [2.75, 3.05) is 7.11 Å². The zero-order valence-electron chi connectivity index (χ0n) is 13.2. The summed E-state index contributed by atoms with van der Waals surface area (Å²) in [5.41, 5.74) is 2.41. The fraction of sp³-hybridized carbons (Fsp3) is 0.176. The van der Waals surface area contributed by atoms with E-state index < -0.39 is 5.97 Å². The number of ether oxygens (including phenoxy) is 1. The number of rotatable bonds is 2. The van der Waals surface area contributed by atoms with Gasteiger partial charge in [-0.05, 0) is 77.9 Å². The first-order valence-electron chi connectivity index (χ1n) is 6.70. The monoisotopic (exact) mass is 480 g/mol. The summed E-state index contributed by atoms with van der Waals surface area (Å²) >= 11 is 13.5. The summed E-state index contributed by atoms with van der Waals surface area (Å²) in [6, 6.07) is 8.18. The van der Waals surface area contributed by atoms with Crippen molar-refractivity contribution in [3.63, 3.8) is 0 Å². The van der Waals surface area contributed by atoms with E-state index in [9.17, 15) is 9.59 Å². The molecule has 0 aliphatic heterocycles. The van der Waals surface area contributed by atoms with Gasteiger partial charge in [0, 0.05) is 13.6 Å². The number of carbonyl (C=O) groups is 2. The first kappa shape index (κ1) is 20.7. The molecular weight excluding hydrogens is 466 g/mol. The van der Waals surface area contributed by atoms with Gasteiger partial charge in [-0.15, -0.1) is 0 Å². The molecule has 0 spiro atoms. The third kappa shape index (κ3) is 5.65. The Kier molecular flexibility index (Phi) is 7.99. The number of carboxylic acids is 1. The Bertz CT molecular complexity index is 752. The molecule has 0 fully saturated rings. The molecule has 0 heterocycles. The van der Waals surface area contributed by atoms with Gasteiger partial charge in [-0.25, -0.2) is 9.59 Å². The summed E-state index contributed by atoms with van der Waals surface area (Å²) in [5, 5.41) is 9.81. The number of aryl methyl sites for hydroxylation is 2. The lowest BCUT2D eigenvalue weighted by atomic mass is 10.1. The van der Waals surface area contributed by atoms with Crippen LogP contribution in [0.2, 0.25) is 10.0 Å². The van der Waals surface area contributed by atoms with Gasteiger partial charge in [0.05, 0.1) is 18.2 Å². The Morgan fingerprint density at radius 1 is 1.04 bits per heavy atom. The SMILES string of the molecule is COC(=O)c1c(C)cc(Cl)cc1I.Cc1cc(Cl)ccc1C(=O)O. The zero-order chi connectivity index (χ0) is 18.4. The fourth-order valence-electron chi connectivity index (χ4n) is 1.93. The summed E-state index contributed by atoms with van der Waals surface area (Å²) in [4.78, 5) is 21.8. The average Bonchev–Trinajstić information content (AvgIpc) is 2.46. The highest BCUT2D eigenvalue weighted by Crippen LogP contribution is 2.22. The van der Waals surface area contributed by atoms with Crippen LogP contribution in [0.3, 0.4) is 0 Å². The van der Waals surface area contributed by atoms with E-state index in [4.69, 9.17) is 28.3 Å². The summed E-state index contributed by atoms with van der Waals surface area (Å²) in [6.07, 6.45) is 0. The second-order valence-electron chi connectivity index (χ2n) is 4.84. The van der Waals surface area contributed by atoms with Gasteiger partial charge in [-0.3, -0.25) is 0 Å². The van der Waals surface area contributed by atoms with Gasteiger partial charge >= 0.3 is 11.9 Å². The molecule has 0 aliphatic carbocycles. The predicted octanol–water partition coefficient (Wildman–Crippen LogP) is 5.39. The number of hydrogen-bond donors (Lipinski definition) is 1. The van der Waals surface area contributed by atoms with E-state index in [1.165, 1.54) is 13.2 Å². The van der Waals surface area contributed by atoms with E-state index in [1.54, 1.807) is 31.2 Å². The summed E-state index contributed by atoms with van der Waals surface area (Å²) in [5.74, 6) is -1.24. The zero-order valence-corrected chi connectivity index (χ0v) is 16.9. The largest absolute Gasteiger partial charge is 0.478 e. The molecule has 0 radical (unpaired) electrons. The predicted molar refractivity (Wildman–Crippen MR) is 103 cm³/mol. The lowest BCUT2D eigenvalue weighted by Gasteiger charge is -2.06. The van der Waals surface area contributed by atoms with Crippen molar-refractivity contribution >= 4 is 57.7 Å². The molecule has 4 nitrogen and oxygen atoms in total. The van der Waals surface area contributed by atoms with E-state index in [0.717, 1.165) is 9.13 Å². The summed E-state index contributed by atoms with van der Waals surface area (Å²) in [6.45, 7) is 3.55. The van der Waals surface area contributed by atoms with Crippen molar-refractivity contribution in [1.82, 2.24) is 0 Å². The highest BCUT2D eigenvalue weighted by Gasteiger charge is 2.13. The first-order chi connectivity index (χ1) is 11.2. The minimum atomic E-state index is -0.917. The molecule has 0 bridgehead atoms. The quantitative estimate of drug-likeness (QED) is 0.462. The van der Waals surface area contributed by atoms with Crippen LogP contribution in [0.5, 0.6) is 0 Å². The van der Waals surface area contributed by atoms with Gasteiger partial charge in [0.25, 0.3) is 0 Å². The maximum atomic E-state index is 11.3. The third-order valence-electron chi connectivity index (χ3n) is 3.06. The van der Waals surface area contributed by atoms with E-state index >= 15 is 0 Å². The number of carbonyl (C=O) groups excluding carboxylic acids is 1. The van der Waals surface area contributed by atoms with Gasteiger partial charge in [0.2, 0.25) is 0 Å². The molecule has 2 aromatic rings. The standard InChI is InChI=1S/C9H8ClIO2.C8H7ClO2/c1-5-3-6(10)4-7(11)8(5)9(12)13-2;1-5-4-6(9)2-3-7(5)8(10)11/h3-4H,1-2H3;2-4H,1H3,(H,10,11). The Balaban J connectivity index is 0.000000243. The van der Waals surface area contributed by atoms with Crippen molar-refractivity contribution in [3.8, 4) is 0 Å². The molecule has 24 heavy (non-hydrogen) atoms. The molecule has 128 valence electrons. The molecule has 0 aliphatic rings. The van der Waals surface area contributed by atoms with E-state index in [1.807, 2.05) is 6.92 Å². The number of aromatic carboxylic acids is 1. The second-order valence-corrected chi connectivity index (χ2v) is 6.87. The van der Waals surface area contributed by atoms with Gasteiger partial charge in [0.15, 0.2) is 0 Å². The van der Waals surface area contributed by atoms with Crippen molar-refractivity contribution in [3.05, 3.63) is 66.2 Å². The Morgan fingerprint density at radius 3 is 2.08 bits per heavy atom. The smallest absolute Gasteiger partial charge is 0.339 e. The molecule has 2 aromatic carbocycles. The molecule has 0 atom stereocenters. The molecule has 1 N–H and O–H groups in total. The first-order valence-corrected chi connectivity index (χ1v) is 8.54. The molecule has 2 rings (SSSR count). The Labute approximate surface area is 163 Å². The number of methoxy groups -OCH3 is 1. The lowest BCUT2D eigenvalue weighted by Crippen LogP contribution is -2.06. The Hall–Kier alpha value is -1.31. The van der Waals surface area contributed by atoms with Crippen molar-refractivity contribution in [2.45, 2.75) is 13.8 Å². The van der Waals surface area contributed by atoms with Crippen LogP contribution >= 0.6 is 45.8 Å². The number of hydrogen-bond acceptors (Lipinski definition) is 3. The van der Waals surface area contributed by atoms with Gasteiger partial charge in [0.1, 0.15) is 0 Å². The molecule has 0 saturated heterocycles. The van der Waals surface area contributed by atoms with Gasteiger partial charge < -0.3 is 9.84 Å². The molecule has 0 saturated carbocycles. The molecular formula is C17H15Cl2IO4. The van der Waals surface area contributed by atoms with Crippen molar-refractivity contribution in [1.29, 1.82) is 0 Å². The average molecular weight is 481 g/mol. The minimum Gasteiger partial charge on any atom is -0.478 e. The number of halogens is 3. The van der Waals surface area contributed by atoms with Crippen LogP contribution in [-0.2, 0) is 4.74 Å². The maximum absolute atomic E-state index is 11.3. The van der Waals surface area contributed by atoms with E-state index in [-0.39, 0.29) is 5.97 Å². The van der Waals surface area contributed by atoms with Crippen molar-refractivity contribution < 1.29 is 19.4 Å². The number of benzene rings is 2. The second kappa shape index (κ2) is 9.25. The van der Waals surface area contributed by atoms with Crippen LogP contribution in [0.25, 0.3) is 0 Å². The summed E-state index contributed by atoms with van der Waals surface area (Å²) in [7, 11) is 1.37. The summed E-state index contributed by atoms with van der Waals surface area (Å²) < 4.78 is 5.47. The third-order valence-corrected chi connectivity index (χ3v) is 4.36. The minimum absolute atomic E-state index is 0.300. The van der Waals surface area contributed by atoms with Crippen molar-refractivity contribution in [2.24, 2.45) is 0 Å². The fourth-order valence-corrected chi connectivity index (χ4v) is 3.59. The number of esters is 1. The topological polar surface area (TPSA) is 63.6 Å². The van der Waals surface area contributed by atoms with E-state index in [2.05, 4.69) is 27.3 Å². The highest BCUT2D eigenvalue weighted by atomic mass is 127. The normalized spacial score (nSPS) is 9.75. The molecule has 0 unspecified atom stereocenters. The van der Waals surface area contributed by atoms with Crippen LogP contribution in [0.15, 0.2) is 30.3 Å². The molecule has 0 aromatic heterocycles. The van der Waals surface area contributed by atoms with Gasteiger partial charge in [-0.1, -0.05) is 23.2 Å².